The summed E-state index contributed by atoms with van der Waals surface area (Å²) in [6.07, 6.45) is 6.47. The second kappa shape index (κ2) is 4.34. The molecule has 0 aliphatic carbocycles. The predicted molar refractivity (Wildman–Crippen MR) is 63.3 cm³/mol. The molecular weight excluding hydrogens is 232 g/mol. The molecule has 2 atom stereocenters. The predicted octanol–water partition coefficient (Wildman–Crippen LogP) is 1.89. The number of rotatable bonds is 3. The van der Waals surface area contributed by atoms with E-state index in [1.165, 1.54) is 0 Å². The van der Waals surface area contributed by atoms with Crippen LogP contribution in [0.1, 0.15) is 24.2 Å². The van der Waals surface area contributed by atoms with E-state index in [9.17, 15) is 4.79 Å². The molecule has 3 rings (SSSR count). The van der Waals surface area contributed by atoms with Gasteiger partial charge in [0.15, 0.2) is 0 Å². The number of amides is 1. The molecule has 0 spiro atoms. The number of nitrogens with one attached hydrogen (secondary N) is 1. The Balaban J connectivity index is 1.86. The first kappa shape index (κ1) is 11.1. The van der Waals surface area contributed by atoms with E-state index in [0.717, 1.165) is 11.1 Å². The van der Waals surface area contributed by atoms with Gasteiger partial charge in [-0.05, 0) is 19.1 Å². The second-order valence-electron chi connectivity index (χ2n) is 4.45. The van der Waals surface area contributed by atoms with E-state index < -0.39 is 0 Å². The van der Waals surface area contributed by atoms with Crippen molar-refractivity contribution in [1.29, 1.82) is 0 Å². The molecule has 3 heterocycles. The molecule has 5 nitrogen and oxygen atoms in total. The van der Waals surface area contributed by atoms with Gasteiger partial charge in [0.25, 0.3) is 0 Å². The maximum atomic E-state index is 11.8. The minimum Gasteiger partial charge on any atom is -0.472 e. The summed E-state index contributed by atoms with van der Waals surface area (Å²) in [4.78, 5) is 13.9. The summed E-state index contributed by atoms with van der Waals surface area (Å²) in [5.41, 5.74) is 2.00. The van der Waals surface area contributed by atoms with E-state index in [1.807, 2.05) is 19.1 Å². The van der Waals surface area contributed by atoms with Crippen molar-refractivity contribution in [3.05, 3.63) is 48.3 Å². The fourth-order valence-corrected chi connectivity index (χ4v) is 2.24. The zero-order chi connectivity index (χ0) is 12.5. The summed E-state index contributed by atoms with van der Waals surface area (Å²) in [5, 5.41) is 2.96. The van der Waals surface area contributed by atoms with E-state index in [2.05, 4.69) is 10.2 Å². The minimum absolute atomic E-state index is 0.0321. The van der Waals surface area contributed by atoms with Crippen LogP contribution in [0.3, 0.4) is 0 Å². The van der Waals surface area contributed by atoms with E-state index >= 15 is 0 Å². The summed E-state index contributed by atoms with van der Waals surface area (Å²) in [7, 11) is 0. The first-order valence-electron chi connectivity index (χ1n) is 5.85. The molecule has 1 saturated heterocycles. The quantitative estimate of drug-likeness (QED) is 0.898. The molecule has 2 aromatic rings. The third kappa shape index (κ3) is 1.82. The lowest BCUT2D eigenvalue weighted by Crippen LogP contribution is -2.31. The van der Waals surface area contributed by atoms with Gasteiger partial charge in [0.2, 0.25) is 5.91 Å². The number of hydrogen-bond acceptors (Lipinski definition) is 4. The molecule has 0 radical (unpaired) electrons. The molecule has 94 valence electrons. The number of nitrogens with zero attached hydrogens (tertiary/aromatic N) is 1. The number of carbonyl (C=O) groups is 1. The van der Waals surface area contributed by atoms with Gasteiger partial charge in [0.05, 0.1) is 31.1 Å². The Morgan fingerprint density at radius 3 is 2.72 bits per heavy atom. The van der Waals surface area contributed by atoms with Crippen LogP contribution in [0.25, 0.3) is 0 Å². The van der Waals surface area contributed by atoms with E-state index in [1.54, 1.807) is 25.1 Å². The van der Waals surface area contributed by atoms with Gasteiger partial charge >= 0.3 is 0 Å². The number of carbonyl (C=O) groups excluding carboxylic acids is 1. The summed E-state index contributed by atoms with van der Waals surface area (Å²) >= 11 is 0. The fraction of sp³-hybridized carbons (Fsp3) is 0.308. The van der Waals surface area contributed by atoms with Crippen LogP contribution in [-0.4, -0.2) is 16.8 Å². The van der Waals surface area contributed by atoms with E-state index in [-0.39, 0.29) is 18.1 Å². The molecule has 5 heteroatoms. The average Bonchev–Trinajstić information content (AvgIpc) is 3.07. The van der Waals surface area contributed by atoms with Gasteiger partial charge < -0.3 is 14.2 Å². The van der Waals surface area contributed by atoms with Crippen molar-refractivity contribution < 1.29 is 13.6 Å². The minimum atomic E-state index is -0.167. The molecule has 1 aliphatic rings. The SMILES string of the molecule is C[C@H]1C(=O)NC(c2ccoc2)N1Cc1ccoc1. The molecule has 1 fully saturated rings. The van der Waals surface area contributed by atoms with Gasteiger partial charge in [-0.3, -0.25) is 9.69 Å². The van der Waals surface area contributed by atoms with Crippen LogP contribution in [0.2, 0.25) is 0 Å². The summed E-state index contributed by atoms with van der Waals surface area (Å²) in [6, 6.07) is 3.60. The Bertz CT molecular complexity index is 518. The molecule has 1 amide bonds. The molecule has 1 N–H and O–H groups in total. The zero-order valence-corrected chi connectivity index (χ0v) is 10.00. The largest absolute Gasteiger partial charge is 0.472 e. The van der Waals surface area contributed by atoms with E-state index in [0.29, 0.717) is 6.54 Å². The molecule has 0 saturated carbocycles. The van der Waals surface area contributed by atoms with Crippen molar-refractivity contribution in [2.75, 3.05) is 0 Å². The van der Waals surface area contributed by atoms with Gasteiger partial charge in [-0.1, -0.05) is 0 Å². The maximum Gasteiger partial charge on any atom is 0.238 e. The molecule has 2 aromatic heterocycles. The topological polar surface area (TPSA) is 58.6 Å². The molecule has 0 bridgehead atoms. The molecule has 0 aromatic carbocycles. The fourth-order valence-electron chi connectivity index (χ4n) is 2.24. The molecule has 18 heavy (non-hydrogen) atoms. The smallest absolute Gasteiger partial charge is 0.238 e. The standard InChI is InChI=1S/C13H14N2O3/c1-9-13(16)14-12(11-3-5-18-8-11)15(9)6-10-2-4-17-7-10/h2-5,7-9,12H,6H2,1H3,(H,14,16)/t9-,12?/m0/s1. The maximum absolute atomic E-state index is 11.8. The van der Waals surface area contributed by atoms with Crippen LogP contribution in [0.5, 0.6) is 0 Å². The lowest BCUT2D eigenvalue weighted by molar-refractivity contribution is -0.121. The van der Waals surface area contributed by atoms with Gasteiger partial charge in [-0.25, -0.2) is 0 Å². The summed E-state index contributed by atoms with van der Waals surface area (Å²) in [5.74, 6) is 0.0321. The highest BCUT2D eigenvalue weighted by atomic mass is 16.3. The highest BCUT2D eigenvalue weighted by Crippen LogP contribution is 2.28. The van der Waals surface area contributed by atoms with Crippen molar-refractivity contribution in [2.24, 2.45) is 0 Å². The lowest BCUT2D eigenvalue weighted by Gasteiger charge is -2.24. The summed E-state index contributed by atoms with van der Waals surface area (Å²) < 4.78 is 10.1. The average molecular weight is 246 g/mol. The Morgan fingerprint density at radius 2 is 2.06 bits per heavy atom. The van der Waals surface area contributed by atoms with Crippen LogP contribution in [0, 0.1) is 0 Å². The van der Waals surface area contributed by atoms with Gasteiger partial charge in [-0.2, -0.15) is 0 Å². The van der Waals surface area contributed by atoms with Crippen molar-refractivity contribution in [1.82, 2.24) is 10.2 Å². The molecule has 1 unspecified atom stereocenters. The van der Waals surface area contributed by atoms with Crippen molar-refractivity contribution in [2.45, 2.75) is 25.7 Å². The van der Waals surface area contributed by atoms with Crippen molar-refractivity contribution >= 4 is 5.91 Å². The lowest BCUT2D eigenvalue weighted by atomic mass is 10.2. The van der Waals surface area contributed by atoms with E-state index in [4.69, 9.17) is 8.83 Å². The highest BCUT2D eigenvalue weighted by Gasteiger charge is 2.37. The third-order valence-corrected chi connectivity index (χ3v) is 3.29. The monoisotopic (exact) mass is 246 g/mol. The number of furan rings is 2. The highest BCUT2D eigenvalue weighted by molar-refractivity contribution is 5.83. The van der Waals surface area contributed by atoms with Crippen LogP contribution in [0.4, 0.5) is 0 Å². The first-order chi connectivity index (χ1) is 8.75. The van der Waals surface area contributed by atoms with Gasteiger partial charge in [0.1, 0.15) is 6.17 Å². The Kier molecular flexibility index (Phi) is 2.68. The first-order valence-corrected chi connectivity index (χ1v) is 5.85. The number of hydrogen-bond donors (Lipinski definition) is 1. The molecular formula is C13H14N2O3. The van der Waals surface area contributed by atoms with Crippen LogP contribution < -0.4 is 5.32 Å². The Labute approximate surface area is 104 Å². The zero-order valence-electron chi connectivity index (χ0n) is 10.00. The van der Waals surface area contributed by atoms with Crippen LogP contribution in [0.15, 0.2) is 46.0 Å². The van der Waals surface area contributed by atoms with Crippen molar-refractivity contribution in [3.63, 3.8) is 0 Å². The van der Waals surface area contributed by atoms with Gasteiger partial charge in [-0.15, -0.1) is 0 Å². The van der Waals surface area contributed by atoms with Crippen molar-refractivity contribution in [3.8, 4) is 0 Å². The van der Waals surface area contributed by atoms with Crippen LogP contribution in [-0.2, 0) is 11.3 Å². The second-order valence-corrected chi connectivity index (χ2v) is 4.45. The Morgan fingerprint density at radius 1 is 1.28 bits per heavy atom. The normalized spacial score (nSPS) is 24.4. The Hall–Kier alpha value is -2.01. The van der Waals surface area contributed by atoms with Crippen LogP contribution >= 0.6 is 0 Å². The third-order valence-electron chi connectivity index (χ3n) is 3.29. The summed E-state index contributed by atoms with van der Waals surface area (Å²) in [6.45, 7) is 2.56. The van der Waals surface area contributed by atoms with Gasteiger partial charge in [0, 0.05) is 17.7 Å². The molecule has 1 aliphatic heterocycles.